The van der Waals surface area contributed by atoms with Crippen LogP contribution < -0.4 is 0 Å². The highest BCUT2D eigenvalue weighted by Gasteiger charge is 2.61. The second-order valence-electron chi connectivity index (χ2n) is 10.4. The van der Waals surface area contributed by atoms with E-state index in [4.69, 9.17) is 9.47 Å². The smallest absolute Gasteiger partial charge is 0.340 e. The number of carbonyl (C=O) groups is 2. The number of fused-ring (bicyclic) bond motifs is 4. The third-order valence-electron chi connectivity index (χ3n) is 8.87. The van der Waals surface area contributed by atoms with Gasteiger partial charge in [0.1, 0.15) is 6.10 Å². The molecule has 0 radical (unpaired) electrons. The Bertz CT molecular complexity index is 957. The van der Waals surface area contributed by atoms with Gasteiger partial charge in [-0.3, -0.25) is 4.79 Å². The van der Waals surface area contributed by atoms with Gasteiger partial charge in [-0.15, -0.1) is 0 Å². The highest BCUT2D eigenvalue weighted by atomic mass is 16.6. The maximum absolute atomic E-state index is 13.6. The SMILES string of the molecule is COC[C@H]1OC(=O)/C(=C/N2CCCC2)C2=C(O)C(=O)C3=C(CC[C@]4(C)[C@@H](O)CC[C@@H]34)[C@]21C. The van der Waals surface area contributed by atoms with Crippen LogP contribution in [0.4, 0.5) is 0 Å². The molecule has 0 amide bonds. The van der Waals surface area contributed by atoms with Crippen LogP contribution in [0.3, 0.4) is 0 Å². The van der Waals surface area contributed by atoms with Crippen LogP contribution in [0.25, 0.3) is 0 Å². The zero-order valence-electron chi connectivity index (χ0n) is 19.1. The number of aliphatic hydroxyl groups is 2. The first kappa shape index (κ1) is 21.7. The Morgan fingerprint density at radius 2 is 1.94 bits per heavy atom. The fourth-order valence-corrected chi connectivity index (χ4v) is 6.94. The molecule has 3 fully saturated rings. The fraction of sp³-hybridized carbons (Fsp3) is 0.680. The van der Waals surface area contributed by atoms with Gasteiger partial charge in [0.15, 0.2) is 5.76 Å². The lowest BCUT2D eigenvalue weighted by Gasteiger charge is -2.52. The zero-order chi connectivity index (χ0) is 22.8. The molecule has 2 aliphatic heterocycles. The maximum atomic E-state index is 13.6. The van der Waals surface area contributed by atoms with Gasteiger partial charge in [0.2, 0.25) is 5.78 Å². The van der Waals surface area contributed by atoms with E-state index >= 15 is 0 Å². The van der Waals surface area contributed by atoms with Gasteiger partial charge >= 0.3 is 5.97 Å². The minimum absolute atomic E-state index is 0.110. The largest absolute Gasteiger partial charge is 0.504 e. The van der Waals surface area contributed by atoms with Gasteiger partial charge in [0, 0.05) is 43.0 Å². The minimum atomic E-state index is -0.850. The number of rotatable bonds is 3. The molecule has 0 bridgehead atoms. The van der Waals surface area contributed by atoms with E-state index in [9.17, 15) is 19.8 Å². The van der Waals surface area contributed by atoms with Crippen molar-refractivity contribution in [1.29, 1.82) is 0 Å². The molecule has 2 heterocycles. The summed E-state index contributed by atoms with van der Waals surface area (Å²) < 4.78 is 11.3. The summed E-state index contributed by atoms with van der Waals surface area (Å²) in [5.41, 5.74) is 0.997. The number of Topliss-reactive ketones (excluding diaryl/α,β-unsaturated/α-hetero) is 1. The van der Waals surface area contributed by atoms with Crippen molar-refractivity contribution in [3.8, 4) is 0 Å². The van der Waals surface area contributed by atoms with Gasteiger partial charge in [-0.1, -0.05) is 6.92 Å². The minimum Gasteiger partial charge on any atom is -0.504 e. The van der Waals surface area contributed by atoms with Crippen molar-refractivity contribution < 1.29 is 29.3 Å². The Kier molecular flexibility index (Phi) is 5.06. The molecule has 7 heteroatoms. The normalized spacial score (nSPS) is 40.6. The molecule has 0 unspecified atom stereocenters. The summed E-state index contributed by atoms with van der Waals surface area (Å²) in [6.45, 7) is 5.87. The lowest BCUT2D eigenvalue weighted by Crippen LogP contribution is -2.53. The Hall–Kier alpha value is -2.12. The standard InChI is InChI=1S/C25H33NO6/c1-24-9-8-16-19(15(24)6-7-17(24)27)21(28)22(29)20-14(12-26-10-4-5-11-26)23(30)32-18(13-31-3)25(16,20)2/h12,15,17-18,27,29H,4-11,13H2,1-3H3/b14-12+/t15-,17-,18+,24-,25-/m0/s1. The molecule has 5 aliphatic rings. The molecule has 174 valence electrons. The number of hydrogen-bond donors (Lipinski definition) is 2. The second kappa shape index (κ2) is 7.45. The number of nitrogens with zero attached hydrogens (tertiary/aromatic N) is 1. The first-order chi connectivity index (χ1) is 15.2. The highest BCUT2D eigenvalue weighted by Crippen LogP contribution is 2.62. The molecule has 7 nitrogen and oxygen atoms in total. The van der Waals surface area contributed by atoms with Gasteiger partial charge in [0.05, 0.1) is 23.7 Å². The molecule has 3 aliphatic carbocycles. The fourth-order valence-electron chi connectivity index (χ4n) is 6.94. The summed E-state index contributed by atoms with van der Waals surface area (Å²) in [5.74, 6) is -1.37. The number of likely N-dealkylation sites (tertiary alicyclic amines) is 1. The van der Waals surface area contributed by atoms with Crippen LogP contribution in [-0.2, 0) is 19.1 Å². The topological polar surface area (TPSA) is 96.3 Å². The van der Waals surface area contributed by atoms with Crippen molar-refractivity contribution in [3.63, 3.8) is 0 Å². The third-order valence-corrected chi connectivity index (χ3v) is 8.87. The van der Waals surface area contributed by atoms with Crippen LogP contribution >= 0.6 is 0 Å². The Labute approximate surface area is 188 Å². The second-order valence-corrected chi connectivity index (χ2v) is 10.4. The molecule has 2 saturated heterocycles. The summed E-state index contributed by atoms with van der Waals surface area (Å²) in [5, 5.41) is 22.0. The number of ether oxygens (including phenoxy) is 2. The Morgan fingerprint density at radius 3 is 2.62 bits per heavy atom. The van der Waals surface area contributed by atoms with Crippen LogP contribution in [-0.4, -0.2) is 65.9 Å². The molecule has 0 spiro atoms. The van der Waals surface area contributed by atoms with Crippen molar-refractivity contribution in [2.24, 2.45) is 16.7 Å². The summed E-state index contributed by atoms with van der Waals surface area (Å²) in [6.07, 6.45) is 5.51. The molecular formula is C25H33NO6. The van der Waals surface area contributed by atoms with Gasteiger partial charge in [-0.05, 0) is 56.9 Å². The molecular weight excluding hydrogens is 410 g/mol. The molecule has 0 aromatic rings. The average Bonchev–Trinajstić information content (AvgIpc) is 3.37. The summed E-state index contributed by atoms with van der Waals surface area (Å²) in [4.78, 5) is 28.8. The van der Waals surface area contributed by atoms with Gasteiger partial charge in [0.25, 0.3) is 0 Å². The maximum Gasteiger partial charge on any atom is 0.340 e. The van der Waals surface area contributed by atoms with E-state index in [1.165, 1.54) is 0 Å². The van der Waals surface area contributed by atoms with Crippen LogP contribution in [0.5, 0.6) is 0 Å². The van der Waals surface area contributed by atoms with Gasteiger partial charge in [-0.2, -0.15) is 0 Å². The summed E-state index contributed by atoms with van der Waals surface area (Å²) in [7, 11) is 1.56. The Morgan fingerprint density at radius 1 is 1.22 bits per heavy atom. The molecule has 5 atom stereocenters. The molecule has 2 N–H and O–H groups in total. The summed E-state index contributed by atoms with van der Waals surface area (Å²) in [6, 6.07) is 0. The summed E-state index contributed by atoms with van der Waals surface area (Å²) >= 11 is 0. The molecule has 0 aromatic carbocycles. The predicted octanol–water partition coefficient (Wildman–Crippen LogP) is 2.81. The average molecular weight is 444 g/mol. The molecule has 5 rings (SSSR count). The number of cyclic esters (lactones) is 1. The van der Waals surface area contributed by atoms with Crippen molar-refractivity contribution in [1.82, 2.24) is 4.90 Å². The van der Waals surface area contributed by atoms with Crippen molar-refractivity contribution in [3.05, 3.63) is 34.3 Å². The molecule has 0 aromatic heterocycles. The molecule has 1 saturated carbocycles. The number of hydrogen-bond acceptors (Lipinski definition) is 7. The lowest BCUT2D eigenvalue weighted by molar-refractivity contribution is -0.156. The van der Waals surface area contributed by atoms with E-state index in [0.29, 0.717) is 30.4 Å². The number of carbonyl (C=O) groups excluding carboxylic acids is 2. The van der Waals surface area contributed by atoms with Crippen molar-refractivity contribution in [2.45, 2.75) is 64.6 Å². The zero-order valence-corrected chi connectivity index (χ0v) is 19.1. The van der Waals surface area contributed by atoms with E-state index in [0.717, 1.165) is 37.9 Å². The number of aliphatic hydroxyl groups excluding tert-OH is 2. The quantitative estimate of drug-likeness (QED) is 0.511. The lowest BCUT2D eigenvalue weighted by atomic mass is 9.54. The van der Waals surface area contributed by atoms with Crippen LogP contribution in [0.1, 0.15) is 52.4 Å². The monoisotopic (exact) mass is 443 g/mol. The van der Waals surface area contributed by atoms with Crippen molar-refractivity contribution >= 4 is 11.8 Å². The first-order valence-corrected chi connectivity index (χ1v) is 11.8. The highest BCUT2D eigenvalue weighted by molar-refractivity contribution is 6.12. The Balaban J connectivity index is 1.69. The van der Waals surface area contributed by atoms with Gasteiger partial charge in [-0.25, -0.2) is 4.79 Å². The number of allylic oxidation sites excluding steroid dienone is 1. The third kappa shape index (κ3) is 2.80. The predicted molar refractivity (Wildman–Crippen MR) is 117 cm³/mol. The van der Waals surface area contributed by atoms with E-state index in [-0.39, 0.29) is 29.3 Å². The number of esters is 1. The molecule has 32 heavy (non-hydrogen) atoms. The van der Waals surface area contributed by atoms with E-state index in [1.54, 1.807) is 13.3 Å². The van der Waals surface area contributed by atoms with E-state index in [2.05, 4.69) is 11.8 Å². The number of methoxy groups -OCH3 is 1. The van der Waals surface area contributed by atoms with Crippen molar-refractivity contribution in [2.75, 3.05) is 26.8 Å². The van der Waals surface area contributed by atoms with Crippen LogP contribution in [0.2, 0.25) is 0 Å². The van der Waals surface area contributed by atoms with E-state index in [1.807, 2.05) is 6.92 Å². The van der Waals surface area contributed by atoms with Gasteiger partial charge < -0.3 is 24.6 Å². The number of ketones is 1. The first-order valence-electron chi connectivity index (χ1n) is 11.8. The van der Waals surface area contributed by atoms with E-state index < -0.39 is 29.4 Å². The van der Waals surface area contributed by atoms with Crippen LogP contribution in [0.15, 0.2) is 34.3 Å². The van der Waals surface area contributed by atoms with Crippen LogP contribution in [0, 0.1) is 16.7 Å².